The second-order valence-corrected chi connectivity index (χ2v) is 6.72. The number of nitrogens with one attached hydrogen (secondary N) is 2. The first kappa shape index (κ1) is 14.5. The molecule has 0 aliphatic heterocycles. The molecular weight excluding hydrogens is 268 g/mol. The summed E-state index contributed by atoms with van der Waals surface area (Å²) in [5, 5.41) is 16.1. The molecule has 0 aromatic heterocycles. The highest BCUT2D eigenvalue weighted by Crippen LogP contribution is 2.32. The van der Waals surface area contributed by atoms with Gasteiger partial charge in [-0.25, -0.2) is 0 Å². The maximum absolute atomic E-state index is 8.08. The van der Waals surface area contributed by atoms with Gasteiger partial charge in [0.05, 0.1) is 11.4 Å². The van der Waals surface area contributed by atoms with Gasteiger partial charge < -0.3 is 0 Å². The summed E-state index contributed by atoms with van der Waals surface area (Å²) < 4.78 is 0. The highest BCUT2D eigenvalue weighted by Gasteiger charge is 2.21. The molecule has 0 atom stereocenters. The Morgan fingerprint density at radius 1 is 0.773 bits per heavy atom. The van der Waals surface area contributed by atoms with Crippen LogP contribution in [0.5, 0.6) is 0 Å². The van der Waals surface area contributed by atoms with Crippen LogP contribution in [0.25, 0.3) is 5.57 Å². The quantitative estimate of drug-likeness (QED) is 0.756. The summed E-state index contributed by atoms with van der Waals surface area (Å²) in [6.07, 6.45) is 1.80. The Hall–Kier alpha value is -2.48. The van der Waals surface area contributed by atoms with E-state index < -0.39 is 0 Å². The van der Waals surface area contributed by atoms with Crippen molar-refractivity contribution in [2.45, 2.75) is 26.2 Å². The van der Waals surface area contributed by atoms with Crippen LogP contribution in [-0.2, 0) is 5.41 Å². The predicted molar refractivity (Wildman–Crippen MR) is 93.2 cm³/mol. The van der Waals surface area contributed by atoms with Crippen molar-refractivity contribution in [3.63, 3.8) is 0 Å². The van der Waals surface area contributed by atoms with Gasteiger partial charge in [0, 0.05) is 5.56 Å². The molecule has 1 aliphatic carbocycles. The van der Waals surface area contributed by atoms with Crippen molar-refractivity contribution in [1.29, 1.82) is 10.8 Å². The van der Waals surface area contributed by atoms with E-state index in [1.807, 2.05) is 24.3 Å². The van der Waals surface area contributed by atoms with Crippen LogP contribution in [0, 0.1) is 10.8 Å². The molecule has 0 saturated heterocycles. The van der Waals surface area contributed by atoms with Gasteiger partial charge in [-0.05, 0) is 33.8 Å². The molecule has 1 aliphatic rings. The molecule has 0 unspecified atom stereocenters. The smallest absolute Gasteiger partial charge is 0.0867 e. The van der Waals surface area contributed by atoms with E-state index in [-0.39, 0.29) is 11.1 Å². The molecule has 0 radical (unpaired) electrons. The van der Waals surface area contributed by atoms with Crippen LogP contribution < -0.4 is 0 Å². The first-order valence-electron chi connectivity index (χ1n) is 7.48. The minimum Gasteiger partial charge on any atom is -0.299 e. The fourth-order valence-corrected chi connectivity index (χ4v) is 2.76. The number of hydrogen-bond acceptors (Lipinski definition) is 2. The average Bonchev–Trinajstić information content (AvgIpc) is 2.50. The molecule has 0 fully saturated rings. The van der Waals surface area contributed by atoms with Gasteiger partial charge in [-0.2, -0.15) is 0 Å². The van der Waals surface area contributed by atoms with Crippen molar-refractivity contribution in [2.75, 3.05) is 0 Å². The van der Waals surface area contributed by atoms with Crippen molar-refractivity contribution in [3.8, 4) is 0 Å². The van der Waals surface area contributed by atoms with E-state index in [4.69, 9.17) is 10.8 Å². The summed E-state index contributed by atoms with van der Waals surface area (Å²) in [5.74, 6) is 0. The number of allylic oxidation sites excluding steroid dienone is 1. The zero-order valence-corrected chi connectivity index (χ0v) is 13.2. The molecule has 110 valence electrons. The minimum absolute atomic E-state index is 0.131. The van der Waals surface area contributed by atoms with Crippen LogP contribution in [-0.4, -0.2) is 11.4 Å². The lowest BCUT2D eigenvalue weighted by molar-refractivity contribution is 0.590. The average molecular weight is 288 g/mol. The van der Waals surface area contributed by atoms with E-state index in [1.54, 1.807) is 6.08 Å². The van der Waals surface area contributed by atoms with E-state index in [2.05, 4.69) is 45.0 Å². The van der Waals surface area contributed by atoms with Crippen molar-refractivity contribution < 1.29 is 0 Å². The highest BCUT2D eigenvalue weighted by molar-refractivity contribution is 6.53. The Bertz CT molecular complexity index is 787. The van der Waals surface area contributed by atoms with Crippen LogP contribution in [0.1, 0.15) is 43.0 Å². The van der Waals surface area contributed by atoms with Crippen LogP contribution >= 0.6 is 0 Å². The molecule has 2 aromatic rings. The van der Waals surface area contributed by atoms with Gasteiger partial charge in [-0.1, -0.05) is 69.3 Å². The van der Waals surface area contributed by atoms with Gasteiger partial charge in [0.15, 0.2) is 0 Å². The first-order chi connectivity index (χ1) is 10.4. The van der Waals surface area contributed by atoms with Gasteiger partial charge in [0.25, 0.3) is 0 Å². The summed E-state index contributed by atoms with van der Waals surface area (Å²) >= 11 is 0. The SMILES string of the molecule is CC(C)(C)c1ccc(C2=CC(=N)C(=N)c3ccccc32)cc1. The van der Waals surface area contributed by atoms with Crippen LogP contribution in [0.2, 0.25) is 0 Å². The van der Waals surface area contributed by atoms with Crippen LogP contribution in [0.4, 0.5) is 0 Å². The van der Waals surface area contributed by atoms with E-state index in [0.29, 0.717) is 5.71 Å². The molecule has 0 heterocycles. The lowest BCUT2D eigenvalue weighted by Gasteiger charge is -2.22. The maximum atomic E-state index is 8.08. The van der Waals surface area contributed by atoms with Gasteiger partial charge in [-0.3, -0.25) is 10.8 Å². The number of rotatable bonds is 1. The zero-order valence-electron chi connectivity index (χ0n) is 13.2. The largest absolute Gasteiger partial charge is 0.299 e. The first-order valence-corrected chi connectivity index (χ1v) is 7.48. The molecule has 2 aromatic carbocycles. The van der Waals surface area contributed by atoms with Crippen molar-refractivity contribution >= 4 is 17.0 Å². The Morgan fingerprint density at radius 2 is 1.36 bits per heavy atom. The van der Waals surface area contributed by atoms with E-state index in [0.717, 1.165) is 22.3 Å². The molecular formula is C20H20N2. The molecule has 0 spiro atoms. The third kappa shape index (κ3) is 2.41. The Labute approximate surface area is 131 Å². The summed E-state index contributed by atoms with van der Waals surface area (Å²) in [5.41, 5.74) is 5.99. The van der Waals surface area contributed by atoms with Crippen molar-refractivity contribution in [3.05, 3.63) is 76.9 Å². The van der Waals surface area contributed by atoms with Gasteiger partial charge in [0.1, 0.15) is 0 Å². The molecule has 2 heteroatoms. The monoisotopic (exact) mass is 288 g/mol. The molecule has 0 bridgehead atoms. The molecule has 0 amide bonds. The fraction of sp³-hybridized carbons (Fsp3) is 0.200. The lowest BCUT2D eigenvalue weighted by atomic mass is 9.82. The highest BCUT2D eigenvalue weighted by atomic mass is 14.5. The van der Waals surface area contributed by atoms with E-state index in [9.17, 15) is 0 Å². The van der Waals surface area contributed by atoms with E-state index in [1.165, 1.54) is 5.56 Å². The summed E-state index contributed by atoms with van der Waals surface area (Å²) in [6.45, 7) is 6.61. The fourth-order valence-electron chi connectivity index (χ4n) is 2.76. The third-order valence-corrected chi connectivity index (χ3v) is 4.11. The Morgan fingerprint density at radius 3 is 1.95 bits per heavy atom. The standard InChI is InChI=1S/C20H20N2/c1-20(2,3)14-10-8-13(9-11-14)17-12-18(21)19(22)16-7-5-4-6-15(16)17/h4-12,21-22H,1-3H3. The van der Waals surface area contributed by atoms with Gasteiger partial charge in [-0.15, -0.1) is 0 Å². The Balaban J connectivity index is 2.10. The summed E-state index contributed by atoms with van der Waals surface area (Å²) in [7, 11) is 0. The summed E-state index contributed by atoms with van der Waals surface area (Å²) in [4.78, 5) is 0. The number of hydrogen-bond donors (Lipinski definition) is 2. The van der Waals surface area contributed by atoms with Crippen molar-refractivity contribution in [2.24, 2.45) is 0 Å². The number of benzene rings is 2. The van der Waals surface area contributed by atoms with Crippen LogP contribution in [0.3, 0.4) is 0 Å². The second kappa shape index (κ2) is 5.06. The molecule has 3 rings (SSSR count). The molecule has 0 saturated carbocycles. The van der Waals surface area contributed by atoms with E-state index >= 15 is 0 Å². The lowest BCUT2D eigenvalue weighted by Crippen LogP contribution is -2.18. The molecule has 2 N–H and O–H groups in total. The van der Waals surface area contributed by atoms with Gasteiger partial charge in [0.2, 0.25) is 0 Å². The minimum atomic E-state index is 0.131. The topological polar surface area (TPSA) is 47.7 Å². The molecule has 22 heavy (non-hydrogen) atoms. The maximum Gasteiger partial charge on any atom is 0.0867 e. The van der Waals surface area contributed by atoms with Crippen molar-refractivity contribution in [1.82, 2.24) is 0 Å². The normalized spacial score (nSPS) is 14.6. The summed E-state index contributed by atoms with van der Waals surface area (Å²) in [6, 6.07) is 16.4. The Kier molecular flexibility index (Phi) is 3.32. The number of fused-ring (bicyclic) bond motifs is 1. The predicted octanol–water partition coefficient (Wildman–Crippen LogP) is 4.82. The zero-order chi connectivity index (χ0) is 15.9. The van der Waals surface area contributed by atoms with Crippen LogP contribution in [0.15, 0.2) is 54.6 Å². The van der Waals surface area contributed by atoms with Gasteiger partial charge >= 0.3 is 0 Å². The molecule has 2 nitrogen and oxygen atoms in total. The second-order valence-electron chi connectivity index (χ2n) is 6.72. The third-order valence-electron chi connectivity index (χ3n) is 4.11.